The van der Waals surface area contributed by atoms with Crippen LogP contribution in [-0.4, -0.2) is 16.7 Å². The van der Waals surface area contributed by atoms with Crippen LogP contribution in [0.3, 0.4) is 0 Å². The summed E-state index contributed by atoms with van der Waals surface area (Å²) in [7, 11) is -10.4. The first-order chi connectivity index (χ1) is 14.1. The fraction of sp³-hybridized carbons (Fsp3) is 0.348. The zero-order chi connectivity index (χ0) is 21.8. The quantitative estimate of drug-likeness (QED) is 0.324. The summed E-state index contributed by atoms with van der Waals surface area (Å²) in [5, 5.41) is 0.940. The highest BCUT2D eigenvalue weighted by atomic mass is 32.2. The van der Waals surface area contributed by atoms with E-state index in [1.54, 1.807) is 48.5 Å². The van der Waals surface area contributed by atoms with Crippen molar-refractivity contribution in [3.63, 3.8) is 0 Å². The van der Waals surface area contributed by atoms with Gasteiger partial charge in [0.2, 0.25) is 8.32 Å². The van der Waals surface area contributed by atoms with Crippen LogP contribution < -0.4 is 10.6 Å². The van der Waals surface area contributed by atoms with Gasteiger partial charge in [0.1, 0.15) is 0 Å². The Morgan fingerprint density at radius 2 is 1.33 bits per heavy atom. The third-order valence-electron chi connectivity index (χ3n) is 4.86. The SMILES string of the molecule is C[Si](C)(C)OS(=O)(=O)C(=C=C1CCCCC1)P(=O)(c1ccccc1)c1ccccc1. The van der Waals surface area contributed by atoms with Crippen molar-refractivity contribution in [1.82, 2.24) is 0 Å². The van der Waals surface area contributed by atoms with Gasteiger partial charge in [0.25, 0.3) is 10.1 Å². The first-order valence-electron chi connectivity index (χ1n) is 10.3. The van der Waals surface area contributed by atoms with E-state index in [1.165, 1.54) is 0 Å². The molecule has 2 aromatic rings. The van der Waals surface area contributed by atoms with E-state index in [0.29, 0.717) is 10.6 Å². The van der Waals surface area contributed by atoms with Gasteiger partial charge in [-0.25, -0.2) is 0 Å². The van der Waals surface area contributed by atoms with Gasteiger partial charge in [0.15, 0.2) is 11.8 Å². The molecule has 1 fully saturated rings. The monoisotopic (exact) mass is 460 g/mol. The summed E-state index contributed by atoms with van der Waals surface area (Å²) < 4.78 is 47.3. The third kappa shape index (κ3) is 5.32. The van der Waals surface area contributed by atoms with Crippen molar-refractivity contribution in [3.05, 3.63) is 76.6 Å². The third-order valence-corrected chi connectivity index (χ3v) is 12.5. The molecule has 0 spiro atoms. The maximum Gasteiger partial charge on any atom is 0.299 e. The Balaban J connectivity index is 2.36. The van der Waals surface area contributed by atoms with E-state index in [9.17, 15) is 13.0 Å². The first kappa shape index (κ1) is 23.0. The lowest BCUT2D eigenvalue weighted by Crippen LogP contribution is -2.31. The van der Waals surface area contributed by atoms with Gasteiger partial charge in [-0.1, -0.05) is 72.8 Å². The minimum Gasteiger partial charge on any atom is -0.311 e. The van der Waals surface area contributed by atoms with E-state index >= 15 is 0 Å². The van der Waals surface area contributed by atoms with E-state index in [0.717, 1.165) is 37.7 Å². The van der Waals surface area contributed by atoms with Gasteiger partial charge >= 0.3 is 0 Å². The Kier molecular flexibility index (Phi) is 7.06. The maximum atomic E-state index is 14.8. The molecule has 0 bridgehead atoms. The number of hydrogen-bond donors (Lipinski definition) is 0. The maximum absolute atomic E-state index is 14.8. The fourth-order valence-electron chi connectivity index (χ4n) is 3.58. The Morgan fingerprint density at radius 1 is 0.867 bits per heavy atom. The molecule has 4 nitrogen and oxygen atoms in total. The van der Waals surface area contributed by atoms with E-state index in [-0.39, 0.29) is 4.65 Å². The van der Waals surface area contributed by atoms with Crippen molar-refractivity contribution in [3.8, 4) is 0 Å². The van der Waals surface area contributed by atoms with Gasteiger partial charge in [-0.2, -0.15) is 8.42 Å². The smallest absolute Gasteiger partial charge is 0.299 e. The molecule has 30 heavy (non-hydrogen) atoms. The largest absolute Gasteiger partial charge is 0.311 e. The molecular weight excluding hydrogens is 431 g/mol. The molecule has 160 valence electrons. The molecule has 1 aliphatic carbocycles. The molecule has 1 saturated carbocycles. The summed E-state index contributed by atoms with van der Waals surface area (Å²) >= 11 is 0. The second-order valence-electron chi connectivity index (χ2n) is 8.52. The van der Waals surface area contributed by atoms with Gasteiger partial charge in [-0.05, 0) is 50.9 Å². The number of rotatable bonds is 6. The number of hydrogen-bond acceptors (Lipinski definition) is 4. The van der Waals surface area contributed by atoms with Crippen LogP contribution in [-0.2, 0) is 18.6 Å². The predicted molar refractivity (Wildman–Crippen MR) is 127 cm³/mol. The van der Waals surface area contributed by atoms with Crippen LogP contribution in [0.4, 0.5) is 0 Å². The highest BCUT2D eigenvalue weighted by molar-refractivity contribution is 8.06. The van der Waals surface area contributed by atoms with Gasteiger partial charge in [-0.15, -0.1) is 0 Å². The zero-order valence-corrected chi connectivity index (χ0v) is 20.5. The number of allylic oxidation sites excluding steroid dienone is 1. The average molecular weight is 461 g/mol. The summed E-state index contributed by atoms with van der Waals surface area (Å²) in [5.74, 6) is 0. The van der Waals surface area contributed by atoms with Gasteiger partial charge in [0.05, 0.1) is 0 Å². The zero-order valence-electron chi connectivity index (χ0n) is 17.8. The van der Waals surface area contributed by atoms with Gasteiger partial charge in [-0.3, -0.25) is 0 Å². The first-order valence-corrected chi connectivity index (χ1v) is 16.8. The summed E-state index contributed by atoms with van der Waals surface area (Å²) in [6, 6.07) is 17.7. The average Bonchev–Trinajstić information content (AvgIpc) is 2.72. The Labute approximate surface area is 181 Å². The topological polar surface area (TPSA) is 60.4 Å². The second-order valence-corrected chi connectivity index (χ2v) is 17.7. The van der Waals surface area contributed by atoms with E-state index in [2.05, 4.69) is 5.73 Å². The summed E-state index contributed by atoms with van der Waals surface area (Å²) in [6.07, 6.45) is 4.65. The molecule has 0 aliphatic heterocycles. The van der Waals surface area contributed by atoms with Crippen LogP contribution in [0, 0.1) is 0 Å². The molecule has 0 saturated heterocycles. The van der Waals surface area contributed by atoms with E-state index < -0.39 is 25.6 Å². The predicted octanol–water partition coefficient (Wildman–Crippen LogP) is 5.51. The second kappa shape index (κ2) is 9.21. The summed E-state index contributed by atoms with van der Waals surface area (Å²) in [5.41, 5.74) is 4.04. The molecule has 0 N–H and O–H groups in total. The van der Waals surface area contributed by atoms with Gasteiger partial charge in [0, 0.05) is 10.6 Å². The van der Waals surface area contributed by atoms with Crippen LogP contribution in [0.2, 0.25) is 19.6 Å². The van der Waals surface area contributed by atoms with Crippen LogP contribution in [0.5, 0.6) is 0 Å². The molecule has 0 unspecified atom stereocenters. The lowest BCUT2D eigenvalue weighted by atomic mass is 9.96. The minimum absolute atomic E-state index is 0.216. The molecule has 0 radical (unpaired) electrons. The van der Waals surface area contributed by atoms with Crippen molar-refractivity contribution >= 4 is 36.2 Å². The molecule has 0 heterocycles. The van der Waals surface area contributed by atoms with Gasteiger partial charge < -0.3 is 8.44 Å². The molecule has 7 heteroatoms. The molecule has 0 amide bonds. The molecule has 0 aromatic heterocycles. The lowest BCUT2D eigenvalue weighted by Gasteiger charge is -2.24. The normalized spacial score (nSPS) is 15.5. The van der Waals surface area contributed by atoms with E-state index in [4.69, 9.17) is 3.87 Å². The van der Waals surface area contributed by atoms with Crippen LogP contribution >= 0.6 is 7.14 Å². The van der Waals surface area contributed by atoms with Crippen molar-refractivity contribution < 1.29 is 16.9 Å². The molecule has 3 rings (SSSR count). The molecule has 2 aromatic carbocycles. The van der Waals surface area contributed by atoms with E-state index in [1.807, 2.05) is 31.8 Å². The molecule has 1 aliphatic rings. The van der Waals surface area contributed by atoms with Crippen molar-refractivity contribution in [2.45, 2.75) is 51.7 Å². The molecule has 0 atom stereocenters. The highest BCUT2D eigenvalue weighted by Gasteiger charge is 2.42. The molecular formula is C23H29O4PSSi. The number of benzene rings is 2. The van der Waals surface area contributed by atoms with Crippen molar-refractivity contribution in [2.24, 2.45) is 0 Å². The van der Waals surface area contributed by atoms with Crippen LogP contribution in [0.25, 0.3) is 0 Å². The fourth-order valence-corrected chi connectivity index (χ4v) is 11.3. The summed E-state index contributed by atoms with van der Waals surface area (Å²) in [6.45, 7) is 5.43. The van der Waals surface area contributed by atoms with Crippen molar-refractivity contribution in [2.75, 3.05) is 0 Å². The van der Waals surface area contributed by atoms with Crippen molar-refractivity contribution in [1.29, 1.82) is 0 Å². The highest BCUT2D eigenvalue weighted by Crippen LogP contribution is 2.54. The van der Waals surface area contributed by atoms with Crippen LogP contribution in [0.1, 0.15) is 32.1 Å². The Bertz CT molecular complexity index is 1050. The van der Waals surface area contributed by atoms with Crippen LogP contribution in [0.15, 0.2) is 76.6 Å². The standard InChI is InChI=1S/C23H29O4PSSi/c1-30(2,3)27-29(25,26)23(19-20-13-7-4-8-14-20)28(24,21-15-9-5-10-16-21)22-17-11-6-12-18-22/h5-6,9-12,15-18H,4,7-8,13-14H2,1-3H3. The lowest BCUT2D eigenvalue weighted by molar-refractivity contribution is 0.495. The summed E-state index contributed by atoms with van der Waals surface area (Å²) in [4.78, 5) is 0. The minimum atomic E-state index is -4.25. The Morgan fingerprint density at radius 3 is 1.77 bits per heavy atom. The Hall–Kier alpha value is -1.68.